The highest BCUT2D eigenvalue weighted by Crippen LogP contribution is 2.34. The second kappa shape index (κ2) is 6.45. The third-order valence-corrected chi connectivity index (χ3v) is 4.07. The number of nitrogens with zero attached hydrogens (tertiary/aromatic N) is 3. The Hall–Kier alpha value is -3.87. The lowest BCUT2D eigenvalue weighted by molar-refractivity contribution is 0.270. The highest BCUT2D eigenvalue weighted by Gasteiger charge is 2.15. The fourth-order valence-corrected chi connectivity index (χ4v) is 2.86. The van der Waals surface area contributed by atoms with Crippen LogP contribution in [0.1, 0.15) is 5.89 Å². The number of aromatic nitrogens is 3. The monoisotopic (exact) mass is 358 g/mol. The largest absolute Gasteiger partial charge is 0.483 e. The van der Waals surface area contributed by atoms with Gasteiger partial charge in [0.1, 0.15) is 16.7 Å². The lowest BCUT2D eigenvalue weighted by atomic mass is 10.2. The van der Waals surface area contributed by atoms with E-state index in [2.05, 4.69) is 20.4 Å². The molecule has 0 radical (unpaired) electrons. The van der Waals surface area contributed by atoms with Crippen molar-refractivity contribution in [3.05, 3.63) is 72.9 Å². The van der Waals surface area contributed by atoms with E-state index in [9.17, 15) is 0 Å². The summed E-state index contributed by atoms with van der Waals surface area (Å²) in [4.78, 5) is 8.52. The second-order valence-corrected chi connectivity index (χ2v) is 5.89. The summed E-state index contributed by atoms with van der Waals surface area (Å²) in [5.41, 5.74) is 2.97. The van der Waals surface area contributed by atoms with E-state index in [1.54, 1.807) is 12.4 Å². The molecule has 1 N–H and O–H groups in total. The Balaban J connectivity index is 1.44. The number of ether oxygens (including phenoxy) is 1. The molecule has 0 amide bonds. The van der Waals surface area contributed by atoms with Crippen LogP contribution in [-0.4, -0.2) is 15.1 Å². The van der Waals surface area contributed by atoms with Gasteiger partial charge in [-0.3, -0.25) is 4.98 Å². The van der Waals surface area contributed by atoms with Crippen LogP contribution in [-0.2, 0) is 6.61 Å². The summed E-state index contributed by atoms with van der Waals surface area (Å²) < 4.78 is 17.1. The number of rotatable bonds is 5. The number of pyridine rings is 1. The molecule has 0 saturated heterocycles. The van der Waals surface area contributed by atoms with E-state index in [4.69, 9.17) is 13.7 Å². The zero-order valence-corrected chi connectivity index (χ0v) is 14.1. The molecule has 0 unspecified atom stereocenters. The minimum atomic E-state index is 0.200. The number of oxazole rings is 1. The van der Waals surface area contributed by atoms with Gasteiger partial charge in [-0.1, -0.05) is 23.4 Å². The van der Waals surface area contributed by atoms with Crippen LogP contribution in [0.3, 0.4) is 0 Å². The first-order valence-corrected chi connectivity index (χ1v) is 8.39. The molecule has 0 spiro atoms. The van der Waals surface area contributed by atoms with E-state index in [1.165, 1.54) is 0 Å². The lowest BCUT2D eigenvalue weighted by Gasteiger charge is -2.06. The van der Waals surface area contributed by atoms with Crippen molar-refractivity contribution in [3.63, 3.8) is 0 Å². The minimum Gasteiger partial charge on any atom is -0.483 e. The third kappa shape index (κ3) is 2.95. The van der Waals surface area contributed by atoms with E-state index in [0.717, 1.165) is 22.2 Å². The maximum absolute atomic E-state index is 5.96. The Morgan fingerprint density at radius 3 is 2.78 bits per heavy atom. The molecule has 132 valence electrons. The van der Waals surface area contributed by atoms with Crippen molar-refractivity contribution >= 4 is 33.6 Å². The Morgan fingerprint density at radius 1 is 0.963 bits per heavy atom. The molecule has 3 aromatic heterocycles. The predicted molar refractivity (Wildman–Crippen MR) is 99.9 cm³/mol. The molecule has 3 heterocycles. The molecule has 0 aliphatic rings. The minimum absolute atomic E-state index is 0.200. The number of hydrogen-bond acceptors (Lipinski definition) is 7. The number of para-hydroxylation sites is 2. The summed E-state index contributed by atoms with van der Waals surface area (Å²) >= 11 is 0. The molecule has 0 atom stereocenters. The van der Waals surface area contributed by atoms with E-state index in [-0.39, 0.29) is 6.61 Å². The molecule has 5 rings (SSSR count). The summed E-state index contributed by atoms with van der Waals surface area (Å²) in [5.74, 6) is 1.69. The summed E-state index contributed by atoms with van der Waals surface area (Å²) in [6.45, 7) is 0.200. The van der Waals surface area contributed by atoms with Crippen LogP contribution in [0.15, 0.2) is 75.9 Å². The SMILES string of the molecule is c1cncc(Nc2noc3cccc(OCc4nc5ccccc5o4)c23)c1. The summed E-state index contributed by atoms with van der Waals surface area (Å²) in [6.07, 6.45) is 3.42. The number of anilines is 2. The zero-order chi connectivity index (χ0) is 18.1. The number of nitrogens with one attached hydrogen (secondary N) is 1. The maximum atomic E-state index is 5.96. The van der Waals surface area contributed by atoms with Gasteiger partial charge in [0.2, 0.25) is 5.89 Å². The maximum Gasteiger partial charge on any atom is 0.233 e. The Bertz CT molecular complexity index is 1180. The van der Waals surface area contributed by atoms with Crippen LogP contribution < -0.4 is 10.1 Å². The molecular formula is C20H14N4O3. The number of fused-ring (bicyclic) bond motifs is 2. The van der Waals surface area contributed by atoms with Crippen LogP contribution in [0.2, 0.25) is 0 Å². The molecule has 2 aromatic carbocycles. The van der Waals surface area contributed by atoms with Gasteiger partial charge in [-0.25, -0.2) is 4.98 Å². The van der Waals surface area contributed by atoms with Crippen LogP contribution in [0.25, 0.3) is 22.1 Å². The molecule has 5 aromatic rings. The zero-order valence-electron chi connectivity index (χ0n) is 14.1. The molecule has 0 aliphatic carbocycles. The van der Waals surface area contributed by atoms with E-state index in [1.807, 2.05) is 54.6 Å². The highest BCUT2D eigenvalue weighted by molar-refractivity contribution is 5.95. The van der Waals surface area contributed by atoms with E-state index < -0.39 is 0 Å². The van der Waals surface area contributed by atoms with Crippen molar-refractivity contribution in [2.24, 2.45) is 0 Å². The van der Waals surface area contributed by atoms with Gasteiger partial charge < -0.3 is 19.0 Å². The van der Waals surface area contributed by atoms with E-state index >= 15 is 0 Å². The van der Waals surface area contributed by atoms with E-state index in [0.29, 0.717) is 23.0 Å². The molecule has 0 bridgehead atoms. The van der Waals surface area contributed by atoms with Gasteiger partial charge in [0.15, 0.2) is 23.6 Å². The van der Waals surface area contributed by atoms with Crippen molar-refractivity contribution in [1.29, 1.82) is 0 Å². The average Bonchev–Trinajstić information content (AvgIpc) is 3.31. The summed E-state index contributed by atoms with van der Waals surface area (Å²) in [5, 5.41) is 8.06. The van der Waals surface area contributed by atoms with Crippen molar-refractivity contribution in [1.82, 2.24) is 15.1 Å². The van der Waals surface area contributed by atoms with Crippen molar-refractivity contribution < 1.29 is 13.7 Å². The van der Waals surface area contributed by atoms with Gasteiger partial charge >= 0.3 is 0 Å². The Morgan fingerprint density at radius 2 is 1.89 bits per heavy atom. The molecular weight excluding hydrogens is 344 g/mol. The van der Waals surface area contributed by atoms with Gasteiger partial charge in [-0.05, 0) is 36.4 Å². The number of hydrogen-bond donors (Lipinski definition) is 1. The molecule has 7 heteroatoms. The van der Waals surface area contributed by atoms with Crippen LogP contribution >= 0.6 is 0 Å². The molecule has 0 fully saturated rings. The van der Waals surface area contributed by atoms with Crippen molar-refractivity contribution in [2.75, 3.05) is 5.32 Å². The first-order chi connectivity index (χ1) is 13.4. The highest BCUT2D eigenvalue weighted by atomic mass is 16.5. The van der Waals surface area contributed by atoms with Crippen molar-refractivity contribution in [2.45, 2.75) is 6.61 Å². The molecule has 27 heavy (non-hydrogen) atoms. The predicted octanol–water partition coefficient (Wildman–Crippen LogP) is 4.69. The van der Waals surface area contributed by atoms with Gasteiger partial charge in [0.25, 0.3) is 0 Å². The van der Waals surface area contributed by atoms with Crippen LogP contribution in [0.5, 0.6) is 5.75 Å². The molecule has 0 aliphatic heterocycles. The number of benzene rings is 2. The summed E-state index contributed by atoms with van der Waals surface area (Å²) in [6, 6.07) is 16.9. The first-order valence-electron chi connectivity index (χ1n) is 8.39. The topological polar surface area (TPSA) is 86.2 Å². The normalized spacial score (nSPS) is 11.1. The van der Waals surface area contributed by atoms with Crippen LogP contribution in [0.4, 0.5) is 11.5 Å². The van der Waals surface area contributed by atoms with Gasteiger partial charge in [0.05, 0.1) is 11.9 Å². The Labute approximate surface area is 153 Å². The fraction of sp³-hybridized carbons (Fsp3) is 0.0500. The first kappa shape index (κ1) is 15.4. The summed E-state index contributed by atoms with van der Waals surface area (Å²) in [7, 11) is 0. The van der Waals surface area contributed by atoms with Gasteiger partial charge in [-0.15, -0.1) is 0 Å². The quantitative estimate of drug-likeness (QED) is 0.488. The average molecular weight is 358 g/mol. The smallest absolute Gasteiger partial charge is 0.233 e. The fourth-order valence-electron chi connectivity index (χ4n) is 2.86. The third-order valence-electron chi connectivity index (χ3n) is 4.07. The van der Waals surface area contributed by atoms with Crippen molar-refractivity contribution in [3.8, 4) is 5.75 Å². The molecule has 0 saturated carbocycles. The van der Waals surface area contributed by atoms with Gasteiger partial charge in [0, 0.05) is 6.20 Å². The second-order valence-electron chi connectivity index (χ2n) is 5.89. The van der Waals surface area contributed by atoms with Crippen LogP contribution in [0, 0.1) is 0 Å². The van der Waals surface area contributed by atoms with Gasteiger partial charge in [-0.2, -0.15) is 0 Å². The Kier molecular flexibility index (Phi) is 3.68. The molecule has 7 nitrogen and oxygen atoms in total. The standard InChI is InChI=1S/C20H14N4O3/c1-2-7-15-14(6-1)23-18(26-15)12-25-16-8-3-9-17-19(16)20(24-27-17)22-13-5-4-10-21-11-13/h1-11H,12H2,(H,22,24). The lowest BCUT2D eigenvalue weighted by Crippen LogP contribution is -1.97.